The Morgan fingerprint density at radius 3 is 2.41 bits per heavy atom. The molecule has 1 aliphatic rings. The van der Waals surface area contributed by atoms with Crippen LogP contribution in [-0.4, -0.2) is 42.4 Å². The summed E-state index contributed by atoms with van der Waals surface area (Å²) in [6, 6.07) is 9.45. The van der Waals surface area contributed by atoms with Gasteiger partial charge in [-0.25, -0.2) is 0 Å². The van der Waals surface area contributed by atoms with E-state index in [0.29, 0.717) is 19.6 Å². The van der Waals surface area contributed by atoms with Gasteiger partial charge in [-0.05, 0) is 25.0 Å². The molecule has 1 atom stereocenters. The van der Waals surface area contributed by atoms with Gasteiger partial charge in [0.15, 0.2) is 0 Å². The van der Waals surface area contributed by atoms with Gasteiger partial charge < -0.3 is 16.0 Å². The molecule has 0 aliphatic carbocycles. The van der Waals surface area contributed by atoms with Crippen LogP contribution in [0.25, 0.3) is 0 Å². The van der Waals surface area contributed by atoms with Crippen molar-refractivity contribution in [2.45, 2.75) is 25.8 Å². The SMILES string of the molecule is CC(CN)C(=O)NC1CCN(C(=O)c2ccccc2)CC1.Cl. The number of hydrogen-bond acceptors (Lipinski definition) is 3. The summed E-state index contributed by atoms with van der Waals surface area (Å²) in [4.78, 5) is 26.0. The zero-order valence-corrected chi connectivity index (χ0v) is 13.6. The minimum Gasteiger partial charge on any atom is -0.353 e. The Morgan fingerprint density at radius 1 is 1.27 bits per heavy atom. The summed E-state index contributed by atoms with van der Waals surface area (Å²) in [5, 5.41) is 3.01. The van der Waals surface area contributed by atoms with Crippen molar-refractivity contribution in [2.75, 3.05) is 19.6 Å². The lowest BCUT2D eigenvalue weighted by Gasteiger charge is -2.33. The molecule has 0 radical (unpaired) electrons. The Kier molecular flexibility index (Phi) is 7.35. The van der Waals surface area contributed by atoms with Crippen LogP contribution < -0.4 is 11.1 Å². The van der Waals surface area contributed by atoms with Gasteiger partial charge in [0, 0.05) is 37.2 Å². The average molecular weight is 326 g/mol. The minimum atomic E-state index is -0.158. The van der Waals surface area contributed by atoms with Crippen LogP contribution >= 0.6 is 12.4 Å². The van der Waals surface area contributed by atoms with Crippen molar-refractivity contribution in [3.8, 4) is 0 Å². The van der Waals surface area contributed by atoms with Crippen LogP contribution in [0.3, 0.4) is 0 Å². The summed E-state index contributed by atoms with van der Waals surface area (Å²) in [6.07, 6.45) is 1.59. The smallest absolute Gasteiger partial charge is 0.253 e. The Morgan fingerprint density at radius 2 is 1.86 bits per heavy atom. The van der Waals surface area contributed by atoms with Crippen LogP contribution in [0.2, 0.25) is 0 Å². The largest absolute Gasteiger partial charge is 0.353 e. The normalized spacial score (nSPS) is 16.5. The third kappa shape index (κ3) is 4.71. The molecule has 5 nitrogen and oxygen atoms in total. The fourth-order valence-electron chi connectivity index (χ4n) is 2.44. The third-order valence-electron chi connectivity index (χ3n) is 3.95. The van der Waals surface area contributed by atoms with Crippen molar-refractivity contribution in [1.82, 2.24) is 10.2 Å². The molecule has 1 aliphatic heterocycles. The summed E-state index contributed by atoms with van der Waals surface area (Å²) < 4.78 is 0. The van der Waals surface area contributed by atoms with Gasteiger partial charge in [0.05, 0.1) is 0 Å². The molecule has 22 heavy (non-hydrogen) atoms. The number of piperidine rings is 1. The number of carbonyl (C=O) groups is 2. The van der Waals surface area contributed by atoms with Crippen LogP contribution in [0.15, 0.2) is 30.3 Å². The average Bonchev–Trinajstić information content (AvgIpc) is 2.55. The van der Waals surface area contributed by atoms with E-state index >= 15 is 0 Å². The fourth-order valence-corrected chi connectivity index (χ4v) is 2.44. The number of nitrogens with zero attached hydrogens (tertiary/aromatic N) is 1. The van der Waals surface area contributed by atoms with E-state index in [4.69, 9.17) is 5.73 Å². The zero-order valence-electron chi connectivity index (χ0n) is 12.8. The monoisotopic (exact) mass is 325 g/mol. The van der Waals surface area contributed by atoms with Gasteiger partial charge in [0.1, 0.15) is 0 Å². The van der Waals surface area contributed by atoms with E-state index in [9.17, 15) is 9.59 Å². The van der Waals surface area contributed by atoms with Crippen LogP contribution in [-0.2, 0) is 4.79 Å². The predicted molar refractivity (Wildman–Crippen MR) is 89.0 cm³/mol. The van der Waals surface area contributed by atoms with Crippen molar-refractivity contribution in [2.24, 2.45) is 11.7 Å². The number of carbonyl (C=O) groups excluding carboxylic acids is 2. The quantitative estimate of drug-likeness (QED) is 0.879. The lowest BCUT2D eigenvalue weighted by Crippen LogP contribution is -2.48. The van der Waals surface area contributed by atoms with Crippen LogP contribution in [0.1, 0.15) is 30.1 Å². The zero-order chi connectivity index (χ0) is 15.2. The first-order valence-electron chi connectivity index (χ1n) is 7.46. The number of nitrogens with one attached hydrogen (secondary N) is 1. The van der Waals surface area contributed by atoms with Crippen molar-refractivity contribution in [3.63, 3.8) is 0 Å². The van der Waals surface area contributed by atoms with E-state index < -0.39 is 0 Å². The first-order chi connectivity index (χ1) is 10.1. The van der Waals surface area contributed by atoms with Crippen LogP contribution in [0, 0.1) is 5.92 Å². The van der Waals surface area contributed by atoms with Gasteiger partial charge in [0.25, 0.3) is 5.91 Å². The van der Waals surface area contributed by atoms with Crippen molar-refractivity contribution in [3.05, 3.63) is 35.9 Å². The highest BCUT2D eigenvalue weighted by atomic mass is 35.5. The fraction of sp³-hybridized carbons (Fsp3) is 0.500. The molecule has 2 amide bonds. The molecule has 1 saturated heterocycles. The summed E-state index contributed by atoms with van der Waals surface area (Å²) >= 11 is 0. The Hall–Kier alpha value is -1.59. The molecule has 122 valence electrons. The van der Waals surface area contributed by atoms with E-state index in [2.05, 4.69) is 5.32 Å². The Balaban J connectivity index is 0.00000242. The van der Waals surface area contributed by atoms with E-state index in [-0.39, 0.29) is 36.2 Å². The topological polar surface area (TPSA) is 75.4 Å². The summed E-state index contributed by atoms with van der Waals surface area (Å²) in [5.74, 6) is -0.0879. The van der Waals surface area contributed by atoms with E-state index in [0.717, 1.165) is 18.4 Å². The molecule has 0 bridgehead atoms. The van der Waals surface area contributed by atoms with Gasteiger partial charge in [-0.1, -0.05) is 25.1 Å². The molecule has 1 heterocycles. The first kappa shape index (κ1) is 18.5. The molecule has 6 heteroatoms. The minimum absolute atomic E-state index is 0. The van der Waals surface area contributed by atoms with E-state index in [1.54, 1.807) is 0 Å². The number of benzene rings is 1. The predicted octanol–water partition coefficient (Wildman–Crippen LogP) is 1.42. The third-order valence-corrected chi connectivity index (χ3v) is 3.95. The summed E-state index contributed by atoms with van der Waals surface area (Å²) in [6.45, 7) is 3.53. The highest BCUT2D eigenvalue weighted by Gasteiger charge is 2.25. The van der Waals surface area contributed by atoms with Gasteiger partial charge >= 0.3 is 0 Å². The number of rotatable bonds is 4. The molecular weight excluding hydrogens is 302 g/mol. The second-order valence-corrected chi connectivity index (χ2v) is 5.58. The number of hydrogen-bond donors (Lipinski definition) is 2. The summed E-state index contributed by atoms with van der Waals surface area (Å²) in [5.41, 5.74) is 6.21. The second-order valence-electron chi connectivity index (χ2n) is 5.58. The van der Waals surface area contributed by atoms with Crippen molar-refractivity contribution >= 4 is 24.2 Å². The van der Waals surface area contributed by atoms with Gasteiger partial charge in [-0.2, -0.15) is 0 Å². The van der Waals surface area contributed by atoms with Crippen LogP contribution in [0.5, 0.6) is 0 Å². The van der Waals surface area contributed by atoms with Crippen molar-refractivity contribution in [1.29, 1.82) is 0 Å². The Bertz CT molecular complexity index is 487. The van der Waals surface area contributed by atoms with Gasteiger partial charge in [-0.15, -0.1) is 12.4 Å². The van der Waals surface area contributed by atoms with E-state index in [1.165, 1.54) is 0 Å². The molecule has 0 saturated carbocycles. The van der Waals surface area contributed by atoms with Gasteiger partial charge in [0.2, 0.25) is 5.91 Å². The number of nitrogens with two attached hydrogens (primary N) is 1. The lowest BCUT2D eigenvalue weighted by atomic mass is 10.0. The highest BCUT2D eigenvalue weighted by Crippen LogP contribution is 2.14. The first-order valence-corrected chi connectivity index (χ1v) is 7.46. The van der Waals surface area contributed by atoms with E-state index in [1.807, 2.05) is 42.2 Å². The second kappa shape index (κ2) is 8.76. The molecule has 1 aromatic carbocycles. The van der Waals surface area contributed by atoms with Crippen molar-refractivity contribution < 1.29 is 9.59 Å². The maximum absolute atomic E-state index is 12.3. The maximum Gasteiger partial charge on any atom is 0.253 e. The molecule has 1 aromatic rings. The molecular formula is C16H24ClN3O2. The number of likely N-dealkylation sites (tertiary alicyclic amines) is 1. The standard InChI is InChI=1S/C16H23N3O2.ClH/c1-12(11-17)15(20)18-14-7-9-19(10-8-14)16(21)13-5-3-2-4-6-13;/h2-6,12,14H,7-11,17H2,1H3,(H,18,20);1H. The van der Waals surface area contributed by atoms with Gasteiger partial charge in [-0.3, -0.25) is 9.59 Å². The lowest BCUT2D eigenvalue weighted by molar-refractivity contribution is -0.125. The molecule has 1 unspecified atom stereocenters. The molecule has 0 spiro atoms. The molecule has 2 rings (SSSR count). The Labute approximate surface area is 137 Å². The van der Waals surface area contributed by atoms with Crippen LogP contribution in [0.4, 0.5) is 0 Å². The molecule has 3 N–H and O–H groups in total. The highest BCUT2D eigenvalue weighted by molar-refractivity contribution is 5.94. The summed E-state index contributed by atoms with van der Waals surface area (Å²) in [7, 11) is 0. The maximum atomic E-state index is 12.3. The molecule has 0 aromatic heterocycles. The number of amides is 2. The number of halogens is 1. The molecule has 1 fully saturated rings.